The number of pyridine rings is 1. The van der Waals surface area contributed by atoms with Crippen molar-refractivity contribution in [3.63, 3.8) is 0 Å². The monoisotopic (exact) mass is 418 g/mol. The lowest BCUT2D eigenvalue weighted by atomic mass is 9.73. The van der Waals surface area contributed by atoms with E-state index >= 15 is 0 Å². The fourth-order valence-corrected chi connectivity index (χ4v) is 4.41. The zero-order chi connectivity index (χ0) is 21.8. The minimum atomic E-state index is -0.545. The van der Waals surface area contributed by atoms with Gasteiger partial charge in [0, 0.05) is 36.7 Å². The van der Waals surface area contributed by atoms with Gasteiger partial charge in [-0.3, -0.25) is 9.78 Å². The highest BCUT2D eigenvalue weighted by atomic mass is 16.6. The van der Waals surface area contributed by atoms with Crippen LogP contribution in [-0.2, 0) is 19.1 Å². The molecule has 1 aromatic carbocycles. The number of hydrogen-bond donors (Lipinski definition) is 1. The Bertz CT molecular complexity index is 1030. The fraction of sp³-hybridized carbons (Fsp3) is 0.320. The van der Waals surface area contributed by atoms with E-state index in [1.165, 1.54) is 0 Å². The summed E-state index contributed by atoms with van der Waals surface area (Å²) in [4.78, 5) is 30.9. The van der Waals surface area contributed by atoms with Gasteiger partial charge in [-0.05, 0) is 37.0 Å². The second-order valence-electron chi connectivity index (χ2n) is 7.81. The third kappa shape index (κ3) is 4.30. The summed E-state index contributed by atoms with van der Waals surface area (Å²) >= 11 is 0. The Balaban J connectivity index is 1.73. The molecule has 6 heteroatoms. The van der Waals surface area contributed by atoms with Crippen LogP contribution in [0.2, 0.25) is 0 Å². The van der Waals surface area contributed by atoms with E-state index in [4.69, 9.17) is 9.47 Å². The largest absolute Gasteiger partial charge is 0.460 e. The molecule has 6 nitrogen and oxygen atoms in total. The third-order valence-electron chi connectivity index (χ3n) is 5.82. The first-order valence-electron chi connectivity index (χ1n) is 10.5. The number of carbonyl (C=O) groups is 2. The number of dihydropyridines is 1. The molecule has 1 aliphatic carbocycles. The number of rotatable bonds is 6. The molecule has 160 valence electrons. The lowest BCUT2D eigenvalue weighted by molar-refractivity contribution is -0.140. The summed E-state index contributed by atoms with van der Waals surface area (Å²) in [5, 5.41) is 3.35. The molecule has 31 heavy (non-hydrogen) atoms. The number of esters is 1. The van der Waals surface area contributed by atoms with Gasteiger partial charge in [0.05, 0.1) is 23.8 Å². The molecule has 0 radical (unpaired) electrons. The molecule has 2 atom stereocenters. The van der Waals surface area contributed by atoms with Gasteiger partial charge >= 0.3 is 5.97 Å². The number of Topliss-reactive ketones (excluding diaryl/α,β-unsaturated/α-hetero) is 1. The van der Waals surface area contributed by atoms with Crippen LogP contribution in [0.5, 0.6) is 0 Å². The first kappa shape index (κ1) is 21.0. The van der Waals surface area contributed by atoms with Crippen molar-refractivity contribution in [2.45, 2.75) is 31.6 Å². The second kappa shape index (κ2) is 9.27. The Hall–Kier alpha value is -3.25. The fourth-order valence-electron chi connectivity index (χ4n) is 4.41. The van der Waals surface area contributed by atoms with E-state index in [1.807, 2.05) is 43.3 Å². The van der Waals surface area contributed by atoms with Gasteiger partial charge in [0.25, 0.3) is 0 Å². The minimum Gasteiger partial charge on any atom is -0.460 e. The SMILES string of the molecule is COCCOC(=O)C1=C(C)NC2=C(C(=O)C[C@@H](c3ccccc3)C2)[C@@H]1c1ccccn1. The van der Waals surface area contributed by atoms with Crippen molar-refractivity contribution in [1.82, 2.24) is 10.3 Å². The summed E-state index contributed by atoms with van der Waals surface area (Å²) in [6.07, 6.45) is 2.79. The highest BCUT2D eigenvalue weighted by Gasteiger charge is 2.41. The highest BCUT2D eigenvalue weighted by molar-refractivity contribution is 6.04. The van der Waals surface area contributed by atoms with Gasteiger partial charge in [0.1, 0.15) is 6.61 Å². The van der Waals surface area contributed by atoms with Crippen LogP contribution < -0.4 is 5.32 Å². The maximum absolute atomic E-state index is 13.4. The normalized spacial score (nSPS) is 20.9. The Morgan fingerprint density at radius 1 is 1.10 bits per heavy atom. The molecule has 0 spiro atoms. The topological polar surface area (TPSA) is 77.5 Å². The quantitative estimate of drug-likeness (QED) is 0.570. The predicted octanol–water partition coefficient (Wildman–Crippen LogP) is 3.63. The van der Waals surface area contributed by atoms with Crippen molar-refractivity contribution in [3.05, 3.63) is 88.5 Å². The van der Waals surface area contributed by atoms with Gasteiger partial charge < -0.3 is 14.8 Å². The zero-order valence-corrected chi connectivity index (χ0v) is 17.8. The van der Waals surface area contributed by atoms with E-state index in [0.717, 1.165) is 11.3 Å². The number of allylic oxidation sites excluding steroid dienone is 3. The molecular formula is C25H26N2O4. The van der Waals surface area contributed by atoms with Gasteiger partial charge in [0.2, 0.25) is 0 Å². The van der Waals surface area contributed by atoms with Crippen molar-refractivity contribution in [2.75, 3.05) is 20.3 Å². The van der Waals surface area contributed by atoms with E-state index in [9.17, 15) is 9.59 Å². The Morgan fingerprint density at radius 2 is 1.87 bits per heavy atom. The van der Waals surface area contributed by atoms with E-state index in [0.29, 0.717) is 42.0 Å². The second-order valence-corrected chi connectivity index (χ2v) is 7.81. The van der Waals surface area contributed by atoms with Crippen LogP contribution in [-0.4, -0.2) is 37.1 Å². The number of methoxy groups -OCH3 is 1. The molecule has 0 amide bonds. The van der Waals surface area contributed by atoms with E-state index in [1.54, 1.807) is 13.3 Å². The van der Waals surface area contributed by atoms with Crippen LogP contribution in [0.1, 0.15) is 42.9 Å². The van der Waals surface area contributed by atoms with E-state index < -0.39 is 11.9 Å². The third-order valence-corrected chi connectivity index (χ3v) is 5.82. The molecular weight excluding hydrogens is 392 g/mol. The number of ketones is 1. The summed E-state index contributed by atoms with van der Waals surface area (Å²) in [5.74, 6) is -0.862. The molecule has 0 saturated carbocycles. The summed E-state index contributed by atoms with van der Waals surface area (Å²) in [5.41, 5.74) is 4.42. The first-order chi connectivity index (χ1) is 15.1. The van der Waals surface area contributed by atoms with Crippen molar-refractivity contribution in [1.29, 1.82) is 0 Å². The smallest absolute Gasteiger partial charge is 0.336 e. The molecule has 0 fully saturated rings. The van der Waals surface area contributed by atoms with Gasteiger partial charge in [0.15, 0.2) is 5.78 Å². The van der Waals surface area contributed by atoms with Gasteiger partial charge in [-0.1, -0.05) is 36.4 Å². The van der Waals surface area contributed by atoms with Crippen LogP contribution in [0.15, 0.2) is 77.3 Å². The molecule has 1 aliphatic heterocycles. The number of aromatic nitrogens is 1. The van der Waals surface area contributed by atoms with Gasteiger partial charge in [-0.25, -0.2) is 4.79 Å². The number of hydrogen-bond acceptors (Lipinski definition) is 6. The number of benzene rings is 1. The maximum Gasteiger partial charge on any atom is 0.336 e. The zero-order valence-electron chi connectivity index (χ0n) is 17.8. The lowest BCUT2D eigenvalue weighted by Crippen LogP contribution is -2.36. The first-order valence-corrected chi connectivity index (χ1v) is 10.5. The predicted molar refractivity (Wildman–Crippen MR) is 116 cm³/mol. The van der Waals surface area contributed by atoms with Gasteiger partial charge in [-0.15, -0.1) is 0 Å². The van der Waals surface area contributed by atoms with Crippen LogP contribution >= 0.6 is 0 Å². The van der Waals surface area contributed by atoms with E-state index in [-0.39, 0.29) is 18.3 Å². The van der Waals surface area contributed by atoms with Crippen LogP contribution in [0, 0.1) is 0 Å². The molecule has 1 N–H and O–H groups in total. The lowest BCUT2D eigenvalue weighted by Gasteiger charge is -2.36. The number of carbonyl (C=O) groups excluding carboxylic acids is 2. The molecule has 2 heterocycles. The Labute approximate surface area is 182 Å². The summed E-state index contributed by atoms with van der Waals surface area (Å²) in [6.45, 7) is 2.31. The van der Waals surface area contributed by atoms with Crippen LogP contribution in [0.4, 0.5) is 0 Å². The van der Waals surface area contributed by atoms with E-state index in [2.05, 4.69) is 22.4 Å². The summed E-state index contributed by atoms with van der Waals surface area (Å²) < 4.78 is 10.4. The average molecular weight is 418 g/mol. The number of nitrogens with one attached hydrogen (secondary N) is 1. The standard InChI is InChI=1S/C25H26N2O4/c1-16-22(25(29)31-13-12-30-2)24(19-10-6-7-11-26-19)23-20(27-16)14-18(15-21(23)28)17-8-4-3-5-9-17/h3-11,18,24,27H,12-15H2,1-2H3/t18-,24+/m0/s1. The van der Waals surface area contributed by atoms with Crippen LogP contribution in [0.25, 0.3) is 0 Å². The molecule has 0 saturated heterocycles. The van der Waals surface area contributed by atoms with Gasteiger partial charge in [-0.2, -0.15) is 0 Å². The molecule has 0 bridgehead atoms. The molecule has 4 rings (SSSR count). The molecule has 2 aromatic rings. The summed E-state index contributed by atoms with van der Waals surface area (Å²) in [6, 6.07) is 15.6. The average Bonchev–Trinajstić information content (AvgIpc) is 2.79. The van der Waals surface area contributed by atoms with Crippen LogP contribution in [0.3, 0.4) is 0 Å². The van der Waals surface area contributed by atoms with Crippen molar-refractivity contribution < 1.29 is 19.1 Å². The highest BCUT2D eigenvalue weighted by Crippen LogP contribution is 2.45. The van der Waals surface area contributed by atoms with Crippen molar-refractivity contribution in [2.24, 2.45) is 0 Å². The number of ether oxygens (including phenoxy) is 2. The molecule has 2 aliphatic rings. The van der Waals surface area contributed by atoms with Crippen molar-refractivity contribution >= 4 is 11.8 Å². The summed E-state index contributed by atoms with van der Waals surface area (Å²) in [7, 11) is 1.55. The number of nitrogens with zero attached hydrogens (tertiary/aromatic N) is 1. The minimum absolute atomic E-state index is 0.0351. The molecule has 1 aromatic heterocycles. The van der Waals surface area contributed by atoms with Crippen molar-refractivity contribution in [3.8, 4) is 0 Å². The Kier molecular flexibility index (Phi) is 6.28. The Morgan fingerprint density at radius 3 is 2.58 bits per heavy atom. The molecule has 0 unspecified atom stereocenters. The maximum atomic E-state index is 13.4.